The number of hydrogen-bond donors (Lipinski definition) is 2. The zero-order chi connectivity index (χ0) is 10.8. The van der Waals surface area contributed by atoms with Crippen LogP contribution >= 0.6 is 9.24 Å². The molecule has 0 saturated carbocycles. The van der Waals surface area contributed by atoms with E-state index in [9.17, 15) is 0 Å². The molecule has 0 heterocycles. The predicted octanol–water partition coefficient (Wildman–Crippen LogP) is 2.02. The Bertz CT molecular complexity index is 477. The summed E-state index contributed by atoms with van der Waals surface area (Å²) in [6.07, 6.45) is 0. The Hall–Kier alpha value is -1.53. The number of anilines is 2. The lowest BCUT2D eigenvalue weighted by Crippen LogP contribution is -1.99. The summed E-state index contributed by atoms with van der Waals surface area (Å²) in [5.74, 6) is 0. The Kier molecular flexibility index (Phi) is 2.61. The van der Waals surface area contributed by atoms with Gasteiger partial charge in [0.15, 0.2) is 0 Å². The Morgan fingerprint density at radius 1 is 0.800 bits per heavy atom. The van der Waals surface area contributed by atoms with E-state index in [0.717, 1.165) is 27.8 Å². The number of nitrogens with two attached hydrogens (primary N) is 2. The van der Waals surface area contributed by atoms with Gasteiger partial charge in [-0.15, -0.1) is 9.24 Å². The van der Waals surface area contributed by atoms with Crippen molar-refractivity contribution in [3.05, 3.63) is 42.5 Å². The fraction of sp³-hybridized carbons (Fsp3) is 0. The topological polar surface area (TPSA) is 52.0 Å². The standard InChI is InChI=1S/C12H13N2P/c13-9-3-1-8(2-4-9)11-6-5-10(14)7-12(11)15/h1-7H,13-15H2. The summed E-state index contributed by atoms with van der Waals surface area (Å²) in [6, 6.07) is 13.7. The summed E-state index contributed by atoms with van der Waals surface area (Å²) in [6.45, 7) is 0. The van der Waals surface area contributed by atoms with Crippen LogP contribution < -0.4 is 16.8 Å². The molecule has 0 amide bonds. The van der Waals surface area contributed by atoms with Crippen molar-refractivity contribution >= 4 is 25.9 Å². The molecule has 0 fully saturated rings. The summed E-state index contributed by atoms with van der Waals surface area (Å²) in [5, 5.41) is 1.10. The minimum absolute atomic E-state index is 0.777. The van der Waals surface area contributed by atoms with E-state index in [2.05, 4.69) is 9.24 Å². The van der Waals surface area contributed by atoms with Gasteiger partial charge < -0.3 is 11.5 Å². The third kappa shape index (κ3) is 2.11. The summed E-state index contributed by atoms with van der Waals surface area (Å²) in [5.41, 5.74) is 15.2. The highest BCUT2D eigenvalue weighted by Crippen LogP contribution is 2.21. The molecule has 0 aromatic heterocycles. The van der Waals surface area contributed by atoms with Crippen molar-refractivity contribution in [3.8, 4) is 11.1 Å². The first-order valence-electron chi connectivity index (χ1n) is 4.68. The van der Waals surface area contributed by atoms with Gasteiger partial charge in [0.05, 0.1) is 0 Å². The van der Waals surface area contributed by atoms with Crippen LogP contribution in [0.15, 0.2) is 42.5 Å². The van der Waals surface area contributed by atoms with Crippen molar-refractivity contribution in [3.63, 3.8) is 0 Å². The maximum atomic E-state index is 5.70. The largest absolute Gasteiger partial charge is 0.399 e. The van der Waals surface area contributed by atoms with E-state index in [1.165, 1.54) is 0 Å². The van der Waals surface area contributed by atoms with E-state index in [4.69, 9.17) is 11.5 Å². The van der Waals surface area contributed by atoms with Gasteiger partial charge in [0, 0.05) is 11.4 Å². The zero-order valence-electron chi connectivity index (χ0n) is 8.27. The molecular formula is C12H13N2P. The van der Waals surface area contributed by atoms with Crippen molar-refractivity contribution in [1.82, 2.24) is 0 Å². The average molecular weight is 216 g/mol. The van der Waals surface area contributed by atoms with Crippen LogP contribution in [0.3, 0.4) is 0 Å². The van der Waals surface area contributed by atoms with Gasteiger partial charge in [-0.3, -0.25) is 0 Å². The van der Waals surface area contributed by atoms with Gasteiger partial charge >= 0.3 is 0 Å². The molecule has 0 aliphatic carbocycles. The molecule has 2 rings (SSSR count). The number of nitrogen functional groups attached to an aromatic ring is 2. The molecular weight excluding hydrogens is 203 g/mol. The van der Waals surface area contributed by atoms with Crippen LogP contribution in [0, 0.1) is 0 Å². The van der Waals surface area contributed by atoms with E-state index in [1.54, 1.807) is 0 Å². The molecule has 1 atom stereocenters. The quantitative estimate of drug-likeness (QED) is 0.566. The van der Waals surface area contributed by atoms with Crippen molar-refractivity contribution in [1.29, 1.82) is 0 Å². The summed E-state index contributed by atoms with van der Waals surface area (Å²) >= 11 is 0. The Morgan fingerprint density at radius 3 is 2.00 bits per heavy atom. The summed E-state index contributed by atoms with van der Waals surface area (Å²) in [4.78, 5) is 0. The van der Waals surface area contributed by atoms with E-state index in [-0.39, 0.29) is 0 Å². The maximum absolute atomic E-state index is 5.70. The highest BCUT2D eigenvalue weighted by atomic mass is 31.0. The first kappa shape index (κ1) is 10.0. The molecule has 0 aliphatic rings. The molecule has 0 bridgehead atoms. The van der Waals surface area contributed by atoms with Crippen LogP contribution in [0.1, 0.15) is 0 Å². The number of hydrogen-bond acceptors (Lipinski definition) is 2. The van der Waals surface area contributed by atoms with Gasteiger partial charge in [-0.1, -0.05) is 18.2 Å². The van der Waals surface area contributed by atoms with Crippen molar-refractivity contribution in [2.45, 2.75) is 0 Å². The van der Waals surface area contributed by atoms with E-state index >= 15 is 0 Å². The number of rotatable bonds is 1. The lowest BCUT2D eigenvalue weighted by atomic mass is 10.1. The van der Waals surface area contributed by atoms with Crippen molar-refractivity contribution < 1.29 is 0 Å². The molecule has 0 saturated heterocycles. The molecule has 2 nitrogen and oxygen atoms in total. The lowest BCUT2D eigenvalue weighted by molar-refractivity contribution is 1.63. The second kappa shape index (κ2) is 3.92. The molecule has 1 unspecified atom stereocenters. The molecule has 3 heteroatoms. The van der Waals surface area contributed by atoms with Gasteiger partial charge in [-0.25, -0.2) is 0 Å². The second-order valence-corrected chi connectivity index (χ2v) is 4.09. The predicted molar refractivity (Wildman–Crippen MR) is 70.0 cm³/mol. The van der Waals surface area contributed by atoms with Crippen LogP contribution in [-0.4, -0.2) is 0 Å². The van der Waals surface area contributed by atoms with Crippen LogP contribution in [0.5, 0.6) is 0 Å². The molecule has 0 aliphatic heterocycles. The highest BCUT2D eigenvalue weighted by Gasteiger charge is 2.01. The average Bonchev–Trinajstić information content (AvgIpc) is 2.20. The monoisotopic (exact) mass is 216 g/mol. The van der Waals surface area contributed by atoms with Gasteiger partial charge in [0.2, 0.25) is 0 Å². The Balaban J connectivity index is 2.49. The molecule has 15 heavy (non-hydrogen) atoms. The lowest BCUT2D eigenvalue weighted by Gasteiger charge is -2.06. The normalized spacial score (nSPS) is 10.2. The van der Waals surface area contributed by atoms with Crippen LogP contribution in [0.2, 0.25) is 0 Å². The first-order chi connectivity index (χ1) is 7.16. The second-order valence-electron chi connectivity index (χ2n) is 3.47. The first-order valence-corrected chi connectivity index (χ1v) is 5.25. The third-order valence-electron chi connectivity index (χ3n) is 2.30. The molecule has 0 spiro atoms. The highest BCUT2D eigenvalue weighted by molar-refractivity contribution is 7.28. The Labute approximate surface area is 91.5 Å². The molecule has 2 aromatic carbocycles. The van der Waals surface area contributed by atoms with Crippen molar-refractivity contribution in [2.24, 2.45) is 0 Å². The molecule has 4 N–H and O–H groups in total. The van der Waals surface area contributed by atoms with Gasteiger partial charge in [-0.2, -0.15) is 0 Å². The third-order valence-corrected chi connectivity index (χ3v) is 2.77. The molecule has 76 valence electrons. The number of benzene rings is 2. The van der Waals surface area contributed by atoms with Crippen molar-refractivity contribution in [2.75, 3.05) is 11.5 Å². The zero-order valence-corrected chi connectivity index (χ0v) is 9.43. The summed E-state index contributed by atoms with van der Waals surface area (Å²) in [7, 11) is 2.69. The smallest absolute Gasteiger partial charge is 0.0320 e. The van der Waals surface area contributed by atoms with E-state index in [0.29, 0.717) is 0 Å². The SMILES string of the molecule is Nc1ccc(-c2ccc(N)cc2P)cc1. The van der Waals surface area contributed by atoms with E-state index in [1.807, 2.05) is 42.5 Å². The molecule has 2 aromatic rings. The van der Waals surface area contributed by atoms with Gasteiger partial charge in [-0.05, 0) is 40.7 Å². The van der Waals surface area contributed by atoms with E-state index < -0.39 is 0 Å². The molecule has 0 radical (unpaired) electrons. The van der Waals surface area contributed by atoms with Crippen LogP contribution in [0.4, 0.5) is 11.4 Å². The minimum Gasteiger partial charge on any atom is -0.399 e. The van der Waals surface area contributed by atoms with Crippen LogP contribution in [-0.2, 0) is 0 Å². The Morgan fingerprint density at radius 2 is 1.40 bits per heavy atom. The fourth-order valence-electron chi connectivity index (χ4n) is 1.51. The van der Waals surface area contributed by atoms with Gasteiger partial charge in [0.1, 0.15) is 0 Å². The van der Waals surface area contributed by atoms with Gasteiger partial charge in [0.25, 0.3) is 0 Å². The minimum atomic E-state index is 0.777. The fourth-order valence-corrected chi connectivity index (χ4v) is 1.96. The van der Waals surface area contributed by atoms with Crippen LogP contribution in [0.25, 0.3) is 11.1 Å². The summed E-state index contributed by atoms with van der Waals surface area (Å²) < 4.78 is 0. The maximum Gasteiger partial charge on any atom is 0.0320 e.